The first-order valence-corrected chi connectivity index (χ1v) is 28.9. The minimum absolute atomic E-state index is 0.0218. The molecule has 2 fully saturated rings. The van der Waals surface area contributed by atoms with Gasteiger partial charge in [0.1, 0.15) is 0 Å². The van der Waals surface area contributed by atoms with E-state index in [0.717, 1.165) is 0 Å². The number of fused-ring (bicyclic) bond motifs is 8. The molecule has 16 rings (SSSR count). The molecule has 0 radical (unpaired) electrons. The summed E-state index contributed by atoms with van der Waals surface area (Å²) in [6, 6.07) is 83.9. The van der Waals surface area contributed by atoms with Crippen LogP contribution in [0.5, 0.6) is 0 Å². The highest BCUT2D eigenvalue weighted by molar-refractivity contribution is 6.25. The van der Waals surface area contributed by atoms with Crippen LogP contribution >= 0.6 is 0 Å². The summed E-state index contributed by atoms with van der Waals surface area (Å²) in [5.74, 6) is 0. The van der Waals surface area contributed by atoms with Crippen molar-refractivity contribution in [2.24, 2.45) is 0 Å². The van der Waals surface area contributed by atoms with Crippen molar-refractivity contribution in [3.8, 4) is 44.5 Å². The summed E-state index contributed by atoms with van der Waals surface area (Å²) in [6.45, 7) is 10.1. The zero-order chi connectivity index (χ0) is 52.1. The maximum atomic E-state index is 2.68. The van der Waals surface area contributed by atoms with Gasteiger partial charge in [-0.1, -0.05) is 185 Å². The van der Waals surface area contributed by atoms with Crippen molar-refractivity contribution in [1.82, 2.24) is 0 Å². The Morgan fingerprint density at radius 3 is 0.987 bits per heavy atom. The average Bonchev–Trinajstić information content (AvgIpc) is 4.04. The number of hydrogen-bond acceptors (Lipinski definition) is 2. The number of para-hydroxylation sites is 2. The molecule has 0 amide bonds. The van der Waals surface area contributed by atoms with Gasteiger partial charge in [-0.25, -0.2) is 0 Å². The second-order valence-corrected chi connectivity index (χ2v) is 24.6. The minimum Gasteiger partial charge on any atom is -0.334 e. The van der Waals surface area contributed by atoms with E-state index in [9.17, 15) is 0 Å². The summed E-state index contributed by atoms with van der Waals surface area (Å²) in [4.78, 5) is 5.36. The van der Waals surface area contributed by atoms with Crippen LogP contribution < -0.4 is 9.80 Å². The summed E-state index contributed by atoms with van der Waals surface area (Å²) in [7, 11) is 0. The SMILES string of the molecule is CC12CCCCC1(C)N(c1ccccc1)c1ccc(-c3cccc4c(-c5cc6ccc7cc(-c8cccc9c(-c%10ccc%11c(c%10)C%10(C)CCCCC%10(C)N%11c%10ccccc%10)cccc89)cc8ccc(c5)c6c78)cccc34)cc12. The molecule has 0 spiro atoms. The molecule has 4 unspecified atom stereocenters. The Bertz CT molecular complexity index is 4070. The second-order valence-electron chi connectivity index (χ2n) is 24.6. The van der Waals surface area contributed by atoms with Crippen LogP contribution in [0.2, 0.25) is 0 Å². The lowest BCUT2D eigenvalue weighted by molar-refractivity contribution is 0.195. The van der Waals surface area contributed by atoms with Crippen molar-refractivity contribution < 1.29 is 0 Å². The zero-order valence-corrected chi connectivity index (χ0v) is 45.3. The first-order chi connectivity index (χ1) is 38.1. The summed E-state index contributed by atoms with van der Waals surface area (Å²) in [6.07, 6.45) is 9.88. The van der Waals surface area contributed by atoms with Crippen LogP contribution in [0, 0.1) is 0 Å². The fraction of sp³-hybridized carbons (Fsp3) is 0.211. The molecule has 12 aromatic rings. The molecule has 78 heavy (non-hydrogen) atoms. The Labute approximate surface area is 458 Å². The summed E-state index contributed by atoms with van der Waals surface area (Å²) in [5.41, 5.74) is 18.7. The molecule has 0 aromatic heterocycles. The standard InChI is InChI=1S/C76H64N2/c1-73-39-11-13-41-75(73,3)77(57-19-7-5-8-20-57)69-37-35-49(47-67(69)73)59-23-15-29-65-61(25-17-27-63(59)65)55-43-51-31-33-53-45-56(46-54-34-32-52(44-55)71(51)72(53)54)62-26-18-28-64-60(24-16-30-66(62)64)50-36-38-70-68(48-50)74(2)40-12-14-42-76(74,4)78(70)58-21-9-6-10-22-58/h5-10,15-38,43-48H,11-14,39-42H2,1-4H3. The molecule has 2 aliphatic heterocycles. The first-order valence-electron chi connectivity index (χ1n) is 28.9. The third kappa shape index (κ3) is 6.26. The third-order valence-corrected chi connectivity index (χ3v) is 20.9. The average molecular weight is 1010 g/mol. The van der Waals surface area contributed by atoms with Crippen LogP contribution in [0.15, 0.2) is 218 Å². The predicted octanol–water partition coefficient (Wildman–Crippen LogP) is 21.0. The minimum atomic E-state index is 0.0218. The third-order valence-electron chi connectivity index (χ3n) is 20.9. The Morgan fingerprint density at radius 1 is 0.295 bits per heavy atom. The van der Waals surface area contributed by atoms with E-state index in [0.29, 0.717) is 0 Å². The molecular formula is C76H64N2. The molecule has 12 aromatic carbocycles. The van der Waals surface area contributed by atoms with E-state index in [1.165, 1.54) is 184 Å². The maximum absolute atomic E-state index is 2.68. The van der Waals surface area contributed by atoms with E-state index in [2.05, 4.69) is 256 Å². The van der Waals surface area contributed by atoms with Crippen molar-refractivity contribution in [3.63, 3.8) is 0 Å². The number of nitrogens with zero attached hydrogens (tertiary/aromatic N) is 2. The number of rotatable bonds is 6. The Hall–Kier alpha value is -8.20. The Kier molecular flexibility index (Phi) is 9.81. The Balaban J connectivity index is 0.761. The number of benzene rings is 12. The normalized spacial score (nSPS) is 22.6. The molecule has 0 saturated heterocycles. The summed E-state index contributed by atoms with van der Waals surface area (Å²) < 4.78 is 0. The lowest BCUT2D eigenvalue weighted by Crippen LogP contribution is -2.54. The first kappa shape index (κ1) is 45.9. The largest absolute Gasteiger partial charge is 0.334 e. The van der Waals surface area contributed by atoms with Gasteiger partial charge in [0, 0.05) is 33.6 Å². The highest BCUT2D eigenvalue weighted by atomic mass is 15.3. The van der Waals surface area contributed by atoms with Gasteiger partial charge in [-0.05, 0) is 222 Å². The van der Waals surface area contributed by atoms with Crippen molar-refractivity contribution in [2.45, 2.75) is 101 Å². The molecule has 2 saturated carbocycles. The van der Waals surface area contributed by atoms with Crippen LogP contribution in [0.25, 0.3) is 98.4 Å². The van der Waals surface area contributed by atoms with E-state index in [1.807, 2.05) is 0 Å². The summed E-state index contributed by atoms with van der Waals surface area (Å²) >= 11 is 0. The van der Waals surface area contributed by atoms with Gasteiger partial charge < -0.3 is 9.80 Å². The molecule has 2 heterocycles. The van der Waals surface area contributed by atoms with Crippen LogP contribution in [0.1, 0.15) is 90.2 Å². The van der Waals surface area contributed by atoms with Gasteiger partial charge in [0.2, 0.25) is 0 Å². The van der Waals surface area contributed by atoms with Gasteiger partial charge >= 0.3 is 0 Å². The molecule has 378 valence electrons. The molecular weight excluding hydrogens is 941 g/mol. The molecule has 4 aliphatic rings. The molecule has 4 atom stereocenters. The molecule has 0 bridgehead atoms. The van der Waals surface area contributed by atoms with E-state index in [-0.39, 0.29) is 21.9 Å². The smallest absolute Gasteiger partial charge is 0.0517 e. The van der Waals surface area contributed by atoms with E-state index < -0.39 is 0 Å². The van der Waals surface area contributed by atoms with Crippen molar-refractivity contribution in [2.75, 3.05) is 9.80 Å². The molecule has 0 N–H and O–H groups in total. The second kappa shape index (κ2) is 16.7. The quantitative estimate of drug-likeness (QED) is 0.153. The predicted molar refractivity (Wildman–Crippen MR) is 333 cm³/mol. The number of anilines is 4. The van der Waals surface area contributed by atoms with Crippen LogP contribution in [0.3, 0.4) is 0 Å². The van der Waals surface area contributed by atoms with Gasteiger partial charge in [0.25, 0.3) is 0 Å². The highest BCUT2D eigenvalue weighted by Crippen LogP contribution is 2.63. The summed E-state index contributed by atoms with van der Waals surface area (Å²) in [5, 5.41) is 13.0. The van der Waals surface area contributed by atoms with Gasteiger partial charge in [0.15, 0.2) is 0 Å². The van der Waals surface area contributed by atoms with Crippen molar-refractivity contribution >= 4 is 76.6 Å². The monoisotopic (exact) mass is 1000 g/mol. The van der Waals surface area contributed by atoms with Gasteiger partial charge in [0.05, 0.1) is 11.1 Å². The maximum Gasteiger partial charge on any atom is 0.0517 e. The van der Waals surface area contributed by atoms with Crippen LogP contribution in [-0.4, -0.2) is 11.1 Å². The van der Waals surface area contributed by atoms with E-state index in [1.54, 1.807) is 0 Å². The molecule has 2 heteroatoms. The van der Waals surface area contributed by atoms with E-state index >= 15 is 0 Å². The van der Waals surface area contributed by atoms with Gasteiger partial charge in [-0.3, -0.25) is 0 Å². The highest BCUT2D eigenvalue weighted by Gasteiger charge is 2.59. The topological polar surface area (TPSA) is 6.48 Å². The van der Waals surface area contributed by atoms with Crippen LogP contribution in [0.4, 0.5) is 22.7 Å². The number of hydrogen-bond donors (Lipinski definition) is 0. The zero-order valence-electron chi connectivity index (χ0n) is 45.3. The van der Waals surface area contributed by atoms with E-state index in [4.69, 9.17) is 0 Å². The van der Waals surface area contributed by atoms with Crippen molar-refractivity contribution in [3.05, 3.63) is 230 Å². The van der Waals surface area contributed by atoms with Crippen molar-refractivity contribution in [1.29, 1.82) is 0 Å². The lowest BCUT2D eigenvalue weighted by atomic mass is 9.61. The van der Waals surface area contributed by atoms with Gasteiger partial charge in [-0.15, -0.1) is 0 Å². The Morgan fingerprint density at radius 2 is 0.628 bits per heavy atom. The lowest BCUT2D eigenvalue weighted by Gasteiger charge is -2.50. The van der Waals surface area contributed by atoms with Gasteiger partial charge in [-0.2, -0.15) is 0 Å². The van der Waals surface area contributed by atoms with Crippen LogP contribution in [-0.2, 0) is 10.8 Å². The fourth-order valence-corrected chi connectivity index (χ4v) is 16.5. The molecule has 2 aliphatic carbocycles. The fourth-order valence-electron chi connectivity index (χ4n) is 16.5. The molecule has 2 nitrogen and oxygen atoms in total.